The fourth-order valence-corrected chi connectivity index (χ4v) is 3.63. The van der Waals surface area contributed by atoms with E-state index < -0.39 is 0 Å². The molecular formula is C25H28N6O2. The second kappa shape index (κ2) is 9.38. The van der Waals surface area contributed by atoms with Gasteiger partial charge < -0.3 is 14.6 Å². The lowest BCUT2D eigenvalue weighted by Crippen LogP contribution is -2.17. The van der Waals surface area contributed by atoms with Crippen LogP contribution in [-0.4, -0.2) is 44.7 Å². The average Bonchev–Trinajstić information content (AvgIpc) is 3.33. The molecule has 33 heavy (non-hydrogen) atoms. The minimum Gasteiger partial charge on any atom is -0.458 e. The third-order valence-corrected chi connectivity index (χ3v) is 5.05. The number of nitrogens with zero attached hydrogens (tertiary/aromatic N) is 5. The molecule has 0 atom stereocenters. The van der Waals surface area contributed by atoms with Crippen LogP contribution >= 0.6 is 0 Å². The zero-order valence-electron chi connectivity index (χ0n) is 19.6. The number of aromatic nitrogens is 4. The van der Waals surface area contributed by atoms with Crippen LogP contribution in [0, 0.1) is 20.8 Å². The van der Waals surface area contributed by atoms with Gasteiger partial charge in [0.25, 0.3) is 0 Å². The number of benzene rings is 1. The summed E-state index contributed by atoms with van der Waals surface area (Å²) < 4.78 is 7.45. The highest BCUT2D eigenvalue weighted by Crippen LogP contribution is 2.23. The van der Waals surface area contributed by atoms with Crippen molar-refractivity contribution in [3.63, 3.8) is 0 Å². The molecule has 4 aromatic rings. The number of aryl methyl sites for hydroxylation is 3. The summed E-state index contributed by atoms with van der Waals surface area (Å²) in [5.74, 6) is 2.47. The standard InChI is InChI=1S/C25H28N6O2/c1-16-12-17(2)31(29-16)23-14-22(27-25(28-23)21-11-6-18(3)33-21)26-24(32)13-19-7-9-20(10-8-19)15-30(4)5/h6-12,14H,13,15H2,1-5H3,(H,26,27,28,32). The van der Waals surface area contributed by atoms with E-state index in [1.165, 1.54) is 5.56 Å². The molecule has 0 aliphatic carbocycles. The van der Waals surface area contributed by atoms with Gasteiger partial charge in [-0.2, -0.15) is 5.10 Å². The zero-order valence-corrected chi connectivity index (χ0v) is 19.6. The Morgan fingerprint density at radius 3 is 2.33 bits per heavy atom. The van der Waals surface area contributed by atoms with Gasteiger partial charge in [-0.05, 0) is 64.2 Å². The van der Waals surface area contributed by atoms with E-state index in [4.69, 9.17) is 4.42 Å². The number of rotatable bonds is 7. The van der Waals surface area contributed by atoms with Crippen LogP contribution in [-0.2, 0) is 17.8 Å². The second-order valence-electron chi connectivity index (χ2n) is 8.46. The predicted octanol–water partition coefficient (Wildman–Crippen LogP) is 4.09. The summed E-state index contributed by atoms with van der Waals surface area (Å²) in [6.07, 6.45) is 0.247. The van der Waals surface area contributed by atoms with Crippen molar-refractivity contribution >= 4 is 11.7 Å². The van der Waals surface area contributed by atoms with Crippen molar-refractivity contribution in [3.05, 3.63) is 76.8 Å². The molecule has 1 aromatic carbocycles. The van der Waals surface area contributed by atoms with Crippen LogP contribution in [0.15, 0.2) is 52.9 Å². The highest BCUT2D eigenvalue weighted by Gasteiger charge is 2.15. The van der Waals surface area contributed by atoms with Gasteiger partial charge >= 0.3 is 0 Å². The minimum absolute atomic E-state index is 0.157. The van der Waals surface area contributed by atoms with Crippen LogP contribution in [0.5, 0.6) is 0 Å². The van der Waals surface area contributed by atoms with Gasteiger partial charge in [0.15, 0.2) is 17.4 Å². The van der Waals surface area contributed by atoms with Crippen molar-refractivity contribution in [2.24, 2.45) is 0 Å². The maximum atomic E-state index is 12.8. The van der Waals surface area contributed by atoms with Gasteiger partial charge in [-0.1, -0.05) is 24.3 Å². The first-order chi connectivity index (χ1) is 15.8. The van der Waals surface area contributed by atoms with Gasteiger partial charge in [0.1, 0.15) is 11.6 Å². The normalized spacial score (nSPS) is 11.2. The first-order valence-electron chi connectivity index (χ1n) is 10.8. The Kier molecular flexibility index (Phi) is 6.37. The summed E-state index contributed by atoms with van der Waals surface area (Å²) in [6, 6.07) is 15.4. The predicted molar refractivity (Wildman–Crippen MR) is 127 cm³/mol. The monoisotopic (exact) mass is 444 g/mol. The molecule has 3 aromatic heterocycles. The van der Waals surface area contributed by atoms with E-state index in [2.05, 4.69) is 25.3 Å². The maximum Gasteiger partial charge on any atom is 0.229 e. The minimum atomic E-state index is -0.157. The third-order valence-electron chi connectivity index (χ3n) is 5.05. The van der Waals surface area contributed by atoms with Crippen LogP contribution in [0.3, 0.4) is 0 Å². The number of hydrogen-bond donors (Lipinski definition) is 1. The highest BCUT2D eigenvalue weighted by molar-refractivity contribution is 5.91. The fraction of sp³-hybridized carbons (Fsp3) is 0.280. The number of amides is 1. The Hall–Kier alpha value is -3.78. The lowest BCUT2D eigenvalue weighted by Gasteiger charge is -2.11. The van der Waals surface area contributed by atoms with Gasteiger partial charge in [0.05, 0.1) is 12.1 Å². The van der Waals surface area contributed by atoms with Gasteiger partial charge in [0.2, 0.25) is 5.91 Å². The maximum absolute atomic E-state index is 12.8. The van der Waals surface area contributed by atoms with Gasteiger partial charge in [-0.15, -0.1) is 0 Å². The molecule has 4 rings (SSSR count). The van der Waals surface area contributed by atoms with Crippen LogP contribution in [0.1, 0.15) is 28.3 Å². The number of anilines is 1. The van der Waals surface area contributed by atoms with E-state index in [0.717, 1.165) is 29.3 Å². The molecule has 0 aliphatic heterocycles. The third kappa shape index (κ3) is 5.53. The fourth-order valence-electron chi connectivity index (χ4n) is 3.63. The summed E-state index contributed by atoms with van der Waals surface area (Å²) in [7, 11) is 4.06. The van der Waals surface area contributed by atoms with E-state index in [9.17, 15) is 4.79 Å². The number of nitrogens with one attached hydrogen (secondary N) is 1. The molecule has 0 saturated carbocycles. The van der Waals surface area contributed by atoms with E-state index in [1.54, 1.807) is 10.7 Å². The second-order valence-corrected chi connectivity index (χ2v) is 8.46. The summed E-state index contributed by atoms with van der Waals surface area (Å²) in [5.41, 5.74) is 3.95. The van der Waals surface area contributed by atoms with Gasteiger partial charge in [-0.25, -0.2) is 14.6 Å². The number of carbonyl (C=O) groups excluding carboxylic acids is 1. The molecule has 0 aliphatic rings. The molecule has 0 fully saturated rings. The first kappa shape index (κ1) is 22.4. The Bertz CT molecular complexity index is 1270. The SMILES string of the molecule is Cc1cc(C)n(-c2cc(NC(=O)Cc3ccc(CN(C)C)cc3)nc(-c3ccc(C)o3)n2)n1. The summed E-state index contributed by atoms with van der Waals surface area (Å²) in [6.45, 7) is 6.60. The van der Waals surface area contributed by atoms with E-state index >= 15 is 0 Å². The van der Waals surface area contributed by atoms with E-state index in [1.807, 2.05) is 77.3 Å². The van der Waals surface area contributed by atoms with Crippen LogP contribution in [0.2, 0.25) is 0 Å². The molecule has 1 N–H and O–H groups in total. The van der Waals surface area contributed by atoms with E-state index in [0.29, 0.717) is 23.2 Å². The molecule has 0 saturated heterocycles. The van der Waals surface area contributed by atoms with Gasteiger partial charge in [-0.3, -0.25) is 4.79 Å². The van der Waals surface area contributed by atoms with Crippen molar-refractivity contribution in [3.8, 4) is 17.4 Å². The molecule has 0 bridgehead atoms. The Balaban J connectivity index is 1.59. The molecule has 8 heteroatoms. The Morgan fingerprint density at radius 1 is 1.00 bits per heavy atom. The molecule has 3 heterocycles. The molecule has 0 spiro atoms. The smallest absolute Gasteiger partial charge is 0.229 e. The van der Waals surface area contributed by atoms with Crippen molar-refractivity contribution in [2.45, 2.75) is 33.7 Å². The Morgan fingerprint density at radius 2 is 1.73 bits per heavy atom. The lowest BCUT2D eigenvalue weighted by atomic mass is 10.1. The van der Waals surface area contributed by atoms with Crippen LogP contribution in [0.4, 0.5) is 5.82 Å². The van der Waals surface area contributed by atoms with Crippen LogP contribution < -0.4 is 5.32 Å². The number of hydrogen-bond acceptors (Lipinski definition) is 6. The molecule has 8 nitrogen and oxygen atoms in total. The van der Waals surface area contributed by atoms with Crippen LogP contribution in [0.25, 0.3) is 17.4 Å². The largest absolute Gasteiger partial charge is 0.458 e. The number of carbonyl (C=O) groups is 1. The van der Waals surface area contributed by atoms with Crippen molar-refractivity contribution in [2.75, 3.05) is 19.4 Å². The number of furan rings is 1. The Labute approximate surface area is 193 Å². The highest BCUT2D eigenvalue weighted by atomic mass is 16.3. The first-order valence-corrected chi connectivity index (χ1v) is 10.8. The molecule has 0 unspecified atom stereocenters. The topological polar surface area (TPSA) is 89.1 Å². The zero-order chi connectivity index (χ0) is 23.5. The van der Waals surface area contributed by atoms with Crippen molar-refractivity contribution in [1.82, 2.24) is 24.6 Å². The molecular weight excluding hydrogens is 416 g/mol. The lowest BCUT2D eigenvalue weighted by molar-refractivity contribution is -0.115. The molecule has 170 valence electrons. The summed E-state index contributed by atoms with van der Waals surface area (Å²) in [5, 5.41) is 7.43. The average molecular weight is 445 g/mol. The van der Waals surface area contributed by atoms with E-state index in [-0.39, 0.29) is 12.3 Å². The summed E-state index contributed by atoms with van der Waals surface area (Å²) >= 11 is 0. The molecule has 0 radical (unpaired) electrons. The summed E-state index contributed by atoms with van der Waals surface area (Å²) in [4.78, 5) is 24.0. The van der Waals surface area contributed by atoms with Gasteiger partial charge in [0, 0.05) is 18.3 Å². The molecule has 1 amide bonds. The van der Waals surface area contributed by atoms with Crippen molar-refractivity contribution < 1.29 is 9.21 Å². The quantitative estimate of drug-likeness (QED) is 0.462. The van der Waals surface area contributed by atoms with Crippen molar-refractivity contribution in [1.29, 1.82) is 0 Å².